The van der Waals surface area contributed by atoms with Gasteiger partial charge >= 0.3 is 11.9 Å². The van der Waals surface area contributed by atoms with Crippen molar-refractivity contribution in [2.24, 2.45) is 0 Å². The van der Waals surface area contributed by atoms with E-state index < -0.39 is 34.1 Å². The second kappa shape index (κ2) is 7.06. The van der Waals surface area contributed by atoms with Crippen LogP contribution >= 0.6 is 0 Å². The van der Waals surface area contributed by atoms with Crippen LogP contribution in [0.4, 0.5) is 0 Å². The fourth-order valence-electron chi connectivity index (χ4n) is 2.15. The molecule has 0 amide bonds. The van der Waals surface area contributed by atoms with E-state index in [9.17, 15) is 23.1 Å². The van der Waals surface area contributed by atoms with E-state index in [1.165, 1.54) is 18.2 Å². The molecule has 26 heavy (non-hydrogen) atoms. The lowest BCUT2D eigenvalue weighted by molar-refractivity contribution is -0.155. The third-order valence-corrected chi connectivity index (χ3v) is 5.14. The van der Waals surface area contributed by atoms with Crippen LogP contribution in [0.15, 0.2) is 27.5 Å². The maximum absolute atomic E-state index is 12.4. The Morgan fingerprint density at radius 2 is 2.00 bits per heavy atom. The maximum Gasteiger partial charge on any atom is 0.374 e. The van der Waals surface area contributed by atoms with Crippen molar-refractivity contribution in [1.82, 2.24) is 4.72 Å². The van der Waals surface area contributed by atoms with Gasteiger partial charge in [0.25, 0.3) is 0 Å². The van der Waals surface area contributed by atoms with Crippen molar-refractivity contribution in [3.63, 3.8) is 0 Å². The van der Waals surface area contributed by atoms with Crippen LogP contribution in [-0.4, -0.2) is 49.3 Å². The number of fused-ring (bicyclic) bond motifs is 1. The molecular formula is C16H19NO8S. The highest BCUT2D eigenvalue weighted by atomic mass is 32.2. The number of aliphatic hydroxyl groups is 1. The minimum absolute atomic E-state index is 0.0156. The number of rotatable bonds is 7. The number of nitrogens with one attached hydrogen (secondary N) is 1. The number of carboxylic acid groups (broad SMARTS) is 1. The molecule has 1 heterocycles. The summed E-state index contributed by atoms with van der Waals surface area (Å²) in [5.74, 6) is -2.22. The first-order valence-corrected chi connectivity index (χ1v) is 9.13. The molecule has 0 bridgehead atoms. The van der Waals surface area contributed by atoms with Gasteiger partial charge in [0, 0.05) is 10.9 Å². The number of carbonyl (C=O) groups is 2. The SMILES string of the molecule is CCOC(=O)c1oc2ccc(S(=O)(=O)NCC(C)(O)C(=O)O)cc2c1C. The van der Waals surface area contributed by atoms with E-state index in [4.69, 9.17) is 14.3 Å². The van der Waals surface area contributed by atoms with Crippen LogP contribution in [-0.2, 0) is 19.6 Å². The number of carbonyl (C=O) groups excluding carboxylic acids is 1. The molecule has 10 heteroatoms. The van der Waals surface area contributed by atoms with Crippen molar-refractivity contribution in [3.05, 3.63) is 29.5 Å². The Kier molecular flexibility index (Phi) is 5.40. The molecule has 0 radical (unpaired) electrons. The number of aliphatic carboxylic acids is 1. The van der Waals surface area contributed by atoms with Crippen LogP contribution in [0.2, 0.25) is 0 Å². The number of esters is 1. The number of benzene rings is 1. The topological polar surface area (TPSA) is 143 Å². The maximum atomic E-state index is 12.4. The van der Waals surface area contributed by atoms with Gasteiger partial charge in [-0.25, -0.2) is 22.7 Å². The van der Waals surface area contributed by atoms with Gasteiger partial charge in [-0.1, -0.05) is 0 Å². The van der Waals surface area contributed by atoms with E-state index in [0.717, 1.165) is 6.92 Å². The summed E-state index contributed by atoms with van der Waals surface area (Å²) in [5.41, 5.74) is -1.52. The average molecular weight is 385 g/mol. The first-order chi connectivity index (χ1) is 12.0. The quantitative estimate of drug-likeness (QED) is 0.600. The molecule has 0 aliphatic rings. The summed E-state index contributed by atoms with van der Waals surface area (Å²) in [6.45, 7) is 3.69. The Morgan fingerprint density at radius 1 is 1.35 bits per heavy atom. The molecule has 1 unspecified atom stereocenters. The van der Waals surface area contributed by atoms with Gasteiger partial charge in [-0.3, -0.25) is 0 Å². The minimum atomic E-state index is -4.09. The van der Waals surface area contributed by atoms with Crippen molar-refractivity contribution < 1.29 is 37.4 Å². The minimum Gasteiger partial charge on any atom is -0.479 e. The van der Waals surface area contributed by atoms with E-state index in [-0.39, 0.29) is 17.3 Å². The molecule has 1 aromatic heterocycles. The lowest BCUT2D eigenvalue weighted by Gasteiger charge is -2.18. The summed E-state index contributed by atoms with van der Waals surface area (Å²) in [6, 6.07) is 3.93. The van der Waals surface area contributed by atoms with Gasteiger partial charge in [0.2, 0.25) is 15.8 Å². The Bertz CT molecular complexity index is 958. The average Bonchev–Trinajstić information content (AvgIpc) is 2.90. The highest BCUT2D eigenvalue weighted by molar-refractivity contribution is 7.89. The molecule has 1 atom stereocenters. The lowest BCUT2D eigenvalue weighted by atomic mass is 10.1. The number of sulfonamides is 1. The standard InChI is InChI=1S/C16H19NO8S/c1-4-24-14(18)13-9(2)11-7-10(5-6-12(11)25-13)26(22,23)17-8-16(3,21)15(19)20/h5-7,17,21H,4,8H2,1-3H3,(H,19,20). The first-order valence-electron chi connectivity index (χ1n) is 7.65. The number of aryl methyl sites for hydroxylation is 1. The van der Waals surface area contributed by atoms with Crippen molar-refractivity contribution in [3.8, 4) is 0 Å². The lowest BCUT2D eigenvalue weighted by Crippen LogP contribution is -2.46. The summed E-state index contributed by atoms with van der Waals surface area (Å²) in [5, 5.41) is 18.9. The molecule has 0 aliphatic carbocycles. The molecule has 9 nitrogen and oxygen atoms in total. The van der Waals surface area contributed by atoms with E-state index in [1.807, 2.05) is 0 Å². The van der Waals surface area contributed by atoms with Gasteiger partial charge in [-0.05, 0) is 39.0 Å². The molecular weight excluding hydrogens is 366 g/mol. The van der Waals surface area contributed by atoms with Gasteiger partial charge in [-0.2, -0.15) is 0 Å². The Morgan fingerprint density at radius 3 is 2.58 bits per heavy atom. The summed E-state index contributed by atoms with van der Waals surface area (Å²) in [4.78, 5) is 22.6. The van der Waals surface area contributed by atoms with Crippen molar-refractivity contribution in [1.29, 1.82) is 0 Å². The smallest absolute Gasteiger partial charge is 0.374 e. The number of ether oxygens (including phenoxy) is 1. The molecule has 0 aliphatic heterocycles. The second-order valence-electron chi connectivity index (χ2n) is 5.84. The number of hydrogen-bond donors (Lipinski definition) is 3. The zero-order valence-electron chi connectivity index (χ0n) is 14.4. The second-order valence-corrected chi connectivity index (χ2v) is 7.61. The summed E-state index contributed by atoms with van der Waals surface area (Å²) in [6.07, 6.45) is 0. The molecule has 0 fully saturated rings. The number of furan rings is 1. The summed E-state index contributed by atoms with van der Waals surface area (Å²) < 4.78 is 37.1. The van der Waals surface area contributed by atoms with Gasteiger partial charge < -0.3 is 19.4 Å². The Balaban J connectivity index is 2.37. The summed E-state index contributed by atoms with van der Waals surface area (Å²) >= 11 is 0. The Hall–Kier alpha value is -2.43. The monoisotopic (exact) mass is 385 g/mol. The van der Waals surface area contributed by atoms with E-state index in [0.29, 0.717) is 16.5 Å². The van der Waals surface area contributed by atoms with E-state index in [2.05, 4.69) is 4.72 Å². The van der Waals surface area contributed by atoms with Crippen molar-refractivity contribution >= 4 is 32.9 Å². The molecule has 0 spiro atoms. The molecule has 3 N–H and O–H groups in total. The third-order valence-electron chi connectivity index (χ3n) is 3.75. The van der Waals surface area contributed by atoms with E-state index in [1.54, 1.807) is 13.8 Å². The fourth-order valence-corrected chi connectivity index (χ4v) is 3.31. The van der Waals surface area contributed by atoms with Gasteiger partial charge in [-0.15, -0.1) is 0 Å². The highest BCUT2D eigenvalue weighted by Crippen LogP contribution is 2.28. The van der Waals surface area contributed by atoms with Crippen LogP contribution in [0, 0.1) is 6.92 Å². The van der Waals surface area contributed by atoms with Gasteiger partial charge in [0.15, 0.2) is 5.60 Å². The van der Waals surface area contributed by atoms with Crippen LogP contribution in [0.25, 0.3) is 11.0 Å². The predicted octanol–water partition coefficient (Wildman–Crippen LogP) is 1.03. The number of carboxylic acids is 1. The largest absolute Gasteiger partial charge is 0.479 e. The van der Waals surface area contributed by atoms with E-state index >= 15 is 0 Å². The Labute approximate surface area is 149 Å². The molecule has 142 valence electrons. The van der Waals surface area contributed by atoms with Gasteiger partial charge in [0.1, 0.15) is 5.58 Å². The molecule has 2 rings (SSSR count). The molecule has 2 aromatic rings. The third kappa shape index (κ3) is 3.87. The normalized spacial score (nSPS) is 14.2. The van der Waals surface area contributed by atoms with Crippen LogP contribution < -0.4 is 4.72 Å². The van der Waals surface area contributed by atoms with Crippen LogP contribution in [0.1, 0.15) is 30.0 Å². The van der Waals surface area contributed by atoms with Gasteiger partial charge in [0.05, 0.1) is 18.0 Å². The molecule has 1 aromatic carbocycles. The highest BCUT2D eigenvalue weighted by Gasteiger charge is 2.32. The molecule has 0 saturated carbocycles. The number of hydrogen-bond acceptors (Lipinski definition) is 7. The molecule has 0 saturated heterocycles. The predicted molar refractivity (Wildman–Crippen MR) is 90.4 cm³/mol. The van der Waals surface area contributed by atoms with Crippen LogP contribution in [0.5, 0.6) is 0 Å². The zero-order chi connectivity index (χ0) is 19.7. The van der Waals surface area contributed by atoms with Crippen molar-refractivity contribution in [2.75, 3.05) is 13.2 Å². The zero-order valence-corrected chi connectivity index (χ0v) is 15.2. The van der Waals surface area contributed by atoms with Crippen molar-refractivity contribution in [2.45, 2.75) is 31.3 Å². The summed E-state index contributed by atoms with van der Waals surface area (Å²) in [7, 11) is -4.09. The fraction of sp³-hybridized carbons (Fsp3) is 0.375. The first kappa shape index (κ1) is 19.9. The van der Waals surface area contributed by atoms with Crippen LogP contribution in [0.3, 0.4) is 0 Å².